The highest BCUT2D eigenvalue weighted by Gasteiger charge is 2.21. The Morgan fingerprint density at radius 3 is 2.44 bits per heavy atom. The van der Waals surface area contributed by atoms with Crippen molar-refractivity contribution in [1.29, 1.82) is 0 Å². The van der Waals surface area contributed by atoms with Crippen LogP contribution < -0.4 is 0 Å². The highest BCUT2D eigenvalue weighted by molar-refractivity contribution is 8.13. The van der Waals surface area contributed by atoms with Crippen molar-refractivity contribution >= 4 is 48.9 Å². The third-order valence-corrected chi connectivity index (χ3v) is 4.19. The molecule has 0 heterocycles. The Morgan fingerprint density at radius 2 is 1.94 bits per heavy atom. The van der Waals surface area contributed by atoms with Crippen molar-refractivity contribution in [3.05, 3.63) is 27.7 Å². The van der Waals surface area contributed by atoms with E-state index in [1.807, 2.05) is 6.92 Å². The highest BCUT2D eigenvalue weighted by Crippen LogP contribution is 2.32. The molecule has 0 fully saturated rings. The van der Waals surface area contributed by atoms with Gasteiger partial charge in [-0.1, -0.05) is 30.1 Å². The zero-order valence-electron chi connectivity index (χ0n) is 9.24. The van der Waals surface area contributed by atoms with Crippen LogP contribution in [0, 0.1) is 0 Å². The van der Waals surface area contributed by atoms with Gasteiger partial charge in [0.25, 0.3) is 9.05 Å². The molecule has 0 N–H and O–H groups in total. The van der Waals surface area contributed by atoms with E-state index in [2.05, 4.69) is 0 Å². The summed E-state index contributed by atoms with van der Waals surface area (Å²) in [6.45, 7) is 2.05. The van der Waals surface area contributed by atoms with Crippen LogP contribution >= 0.6 is 33.9 Å². The first kappa shape index (κ1) is 15.6. The van der Waals surface area contributed by atoms with Gasteiger partial charge in [-0.15, -0.1) is 0 Å². The molecule has 0 aliphatic carbocycles. The van der Waals surface area contributed by atoms with Gasteiger partial charge in [-0.25, -0.2) is 13.2 Å². The molecule has 0 spiro atoms. The van der Waals surface area contributed by atoms with Gasteiger partial charge in [0.15, 0.2) is 0 Å². The zero-order chi connectivity index (χ0) is 13.9. The van der Waals surface area contributed by atoms with Crippen LogP contribution in [0.25, 0.3) is 0 Å². The topological polar surface area (TPSA) is 60.4 Å². The van der Waals surface area contributed by atoms with Gasteiger partial charge in [-0.05, 0) is 18.6 Å². The summed E-state index contributed by atoms with van der Waals surface area (Å²) >= 11 is 11.5. The van der Waals surface area contributed by atoms with E-state index in [0.29, 0.717) is 6.42 Å². The number of hydrogen-bond acceptors (Lipinski definition) is 4. The molecular formula is C10H9Cl3O4S. The molecule has 0 radical (unpaired) electrons. The van der Waals surface area contributed by atoms with Crippen LogP contribution in [0.1, 0.15) is 23.7 Å². The lowest BCUT2D eigenvalue weighted by atomic mass is 10.2. The Labute approximate surface area is 119 Å². The van der Waals surface area contributed by atoms with Crippen LogP contribution in [0.2, 0.25) is 10.0 Å². The van der Waals surface area contributed by atoms with Crippen molar-refractivity contribution in [2.75, 3.05) is 6.61 Å². The first-order valence-electron chi connectivity index (χ1n) is 4.88. The molecule has 0 bridgehead atoms. The SMILES string of the molecule is CCCOC(=O)c1cc(Cl)c(Cl)c(S(=O)(=O)Cl)c1. The number of benzene rings is 1. The second-order valence-corrected chi connectivity index (χ2v) is 6.66. The fourth-order valence-electron chi connectivity index (χ4n) is 1.14. The third kappa shape index (κ3) is 3.75. The number of carbonyl (C=O) groups is 1. The van der Waals surface area contributed by atoms with Crippen LogP contribution in [-0.2, 0) is 13.8 Å². The fraction of sp³-hybridized carbons (Fsp3) is 0.300. The average molecular weight is 332 g/mol. The van der Waals surface area contributed by atoms with Gasteiger partial charge >= 0.3 is 5.97 Å². The van der Waals surface area contributed by atoms with Gasteiger partial charge in [0.1, 0.15) is 4.90 Å². The van der Waals surface area contributed by atoms with Crippen molar-refractivity contribution in [2.45, 2.75) is 18.2 Å². The van der Waals surface area contributed by atoms with Crippen LogP contribution in [0.3, 0.4) is 0 Å². The smallest absolute Gasteiger partial charge is 0.338 e. The van der Waals surface area contributed by atoms with E-state index >= 15 is 0 Å². The fourth-order valence-corrected chi connectivity index (χ4v) is 2.90. The van der Waals surface area contributed by atoms with Crippen molar-refractivity contribution in [1.82, 2.24) is 0 Å². The van der Waals surface area contributed by atoms with Gasteiger partial charge < -0.3 is 4.74 Å². The summed E-state index contributed by atoms with van der Waals surface area (Å²) in [5.41, 5.74) is -0.0166. The monoisotopic (exact) mass is 330 g/mol. The molecule has 0 amide bonds. The predicted octanol–water partition coefficient (Wildman–Crippen LogP) is 3.49. The molecule has 0 saturated carbocycles. The largest absolute Gasteiger partial charge is 0.462 e. The van der Waals surface area contributed by atoms with E-state index < -0.39 is 19.9 Å². The molecule has 4 nitrogen and oxygen atoms in total. The summed E-state index contributed by atoms with van der Waals surface area (Å²) in [6.07, 6.45) is 0.647. The zero-order valence-corrected chi connectivity index (χ0v) is 12.3. The molecule has 0 saturated heterocycles. The predicted molar refractivity (Wildman–Crippen MR) is 70.1 cm³/mol. The maximum Gasteiger partial charge on any atom is 0.338 e. The summed E-state index contributed by atoms with van der Waals surface area (Å²) in [7, 11) is 1.11. The van der Waals surface area contributed by atoms with Crippen LogP contribution in [0.15, 0.2) is 17.0 Å². The lowest BCUT2D eigenvalue weighted by molar-refractivity contribution is 0.0505. The number of esters is 1. The van der Waals surface area contributed by atoms with Crippen molar-refractivity contribution in [2.24, 2.45) is 0 Å². The van der Waals surface area contributed by atoms with E-state index in [-0.39, 0.29) is 22.2 Å². The number of rotatable bonds is 4. The molecule has 0 aliphatic rings. The summed E-state index contributed by atoms with van der Waals surface area (Å²) in [5.74, 6) is -0.683. The molecule has 0 atom stereocenters. The second-order valence-electron chi connectivity index (χ2n) is 3.34. The highest BCUT2D eigenvalue weighted by atomic mass is 35.7. The van der Waals surface area contributed by atoms with Gasteiger partial charge in [0, 0.05) is 10.7 Å². The van der Waals surface area contributed by atoms with E-state index in [1.165, 1.54) is 6.07 Å². The summed E-state index contributed by atoms with van der Waals surface area (Å²) in [6, 6.07) is 2.27. The molecule has 0 aromatic heterocycles. The van der Waals surface area contributed by atoms with Gasteiger partial charge in [-0.3, -0.25) is 0 Å². The minimum Gasteiger partial charge on any atom is -0.462 e. The Bertz CT molecular complexity index is 569. The summed E-state index contributed by atoms with van der Waals surface area (Å²) in [5, 5.41) is -0.305. The summed E-state index contributed by atoms with van der Waals surface area (Å²) in [4.78, 5) is 11.2. The van der Waals surface area contributed by atoms with Crippen molar-refractivity contribution in [3.63, 3.8) is 0 Å². The lowest BCUT2D eigenvalue weighted by Gasteiger charge is -2.07. The molecule has 1 rings (SSSR count). The van der Waals surface area contributed by atoms with Crippen molar-refractivity contribution in [3.8, 4) is 0 Å². The Morgan fingerprint density at radius 1 is 1.33 bits per heavy atom. The molecule has 0 aliphatic heterocycles. The molecular weight excluding hydrogens is 323 g/mol. The standard InChI is InChI=1S/C10H9Cl3O4S/c1-2-3-17-10(14)6-4-7(11)9(12)8(5-6)18(13,15)16/h4-5H,2-3H2,1H3. The summed E-state index contributed by atoms with van der Waals surface area (Å²) < 4.78 is 27.4. The maximum absolute atomic E-state index is 11.6. The quantitative estimate of drug-likeness (QED) is 0.626. The average Bonchev–Trinajstić information content (AvgIpc) is 2.27. The van der Waals surface area contributed by atoms with E-state index in [9.17, 15) is 13.2 Å². The number of carbonyl (C=O) groups excluding carboxylic acids is 1. The molecule has 18 heavy (non-hydrogen) atoms. The normalized spacial score (nSPS) is 11.3. The van der Waals surface area contributed by atoms with E-state index in [4.69, 9.17) is 38.6 Å². The number of ether oxygens (including phenoxy) is 1. The first-order valence-corrected chi connectivity index (χ1v) is 7.94. The minimum absolute atomic E-state index is 0.0166. The maximum atomic E-state index is 11.6. The molecule has 1 aromatic rings. The van der Waals surface area contributed by atoms with Gasteiger partial charge in [-0.2, -0.15) is 0 Å². The van der Waals surface area contributed by atoms with Crippen LogP contribution in [0.5, 0.6) is 0 Å². The lowest BCUT2D eigenvalue weighted by Crippen LogP contribution is -2.07. The van der Waals surface area contributed by atoms with Crippen molar-refractivity contribution < 1.29 is 17.9 Å². The molecule has 8 heteroatoms. The Kier molecular flexibility index (Phi) is 5.28. The Hall–Kier alpha value is -0.490. The minimum atomic E-state index is -4.08. The number of halogens is 3. The van der Waals surface area contributed by atoms with Crippen LogP contribution in [0.4, 0.5) is 0 Å². The van der Waals surface area contributed by atoms with E-state index in [1.54, 1.807) is 0 Å². The Balaban J connectivity index is 3.25. The molecule has 1 aromatic carbocycles. The molecule has 0 unspecified atom stereocenters. The van der Waals surface area contributed by atoms with E-state index in [0.717, 1.165) is 6.07 Å². The van der Waals surface area contributed by atoms with Gasteiger partial charge in [0.2, 0.25) is 0 Å². The van der Waals surface area contributed by atoms with Gasteiger partial charge in [0.05, 0.1) is 22.2 Å². The number of hydrogen-bond donors (Lipinski definition) is 0. The molecule has 100 valence electrons. The second kappa shape index (κ2) is 6.10. The third-order valence-electron chi connectivity index (χ3n) is 1.93. The first-order chi connectivity index (χ1) is 8.27. The van der Waals surface area contributed by atoms with Crippen LogP contribution in [-0.4, -0.2) is 21.0 Å².